The molecule has 3 rings (SSSR count). The fourth-order valence-corrected chi connectivity index (χ4v) is 2.47. The van der Waals surface area contributed by atoms with Crippen LogP contribution in [0.3, 0.4) is 0 Å². The zero-order valence-corrected chi connectivity index (χ0v) is 10.9. The Kier molecular flexibility index (Phi) is 3.07. The van der Waals surface area contributed by atoms with Crippen LogP contribution in [0.1, 0.15) is 23.5 Å². The van der Waals surface area contributed by atoms with Gasteiger partial charge in [0.1, 0.15) is 18.1 Å². The summed E-state index contributed by atoms with van der Waals surface area (Å²) in [6, 6.07) is 7.79. The number of carbonyl (C=O) groups is 1. The van der Waals surface area contributed by atoms with Gasteiger partial charge in [-0.3, -0.25) is 9.48 Å². The summed E-state index contributed by atoms with van der Waals surface area (Å²) in [5.74, 6) is 0.990. The average Bonchev–Trinajstić information content (AvgIpc) is 3.02. The number of benzene rings is 1. The van der Waals surface area contributed by atoms with Gasteiger partial charge in [-0.2, -0.15) is 5.10 Å². The van der Waals surface area contributed by atoms with Crippen molar-refractivity contribution in [2.24, 2.45) is 7.05 Å². The molecule has 2 heterocycles. The molecule has 4 heteroatoms. The van der Waals surface area contributed by atoms with Crippen LogP contribution in [0, 0.1) is 0 Å². The standard InChI is InChI=1S/C15H16N2O2/c1-17-9-11(8-16-17)6-7-14(18)13-10-19-15-5-3-2-4-12(13)15/h2-5,8-9,13H,6-7,10H2,1H3. The first-order valence-corrected chi connectivity index (χ1v) is 6.46. The third-order valence-electron chi connectivity index (χ3n) is 3.51. The average molecular weight is 256 g/mol. The van der Waals surface area contributed by atoms with Crippen LogP contribution in [-0.4, -0.2) is 22.2 Å². The Balaban J connectivity index is 1.66. The van der Waals surface area contributed by atoms with Crippen LogP contribution < -0.4 is 4.74 Å². The Morgan fingerprint density at radius 3 is 3.11 bits per heavy atom. The molecule has 1 aliphatic heterocycles. The summed E-state index contributed by atoms with van der Waals surface area (Å²) in [4.78, 5) is 12.3. The summed E-state index contributed by atoms with van der Waals surface area (Å²) in [5, 5.41) is 4.11. The first-order chi connectivity index (χ1) is 9.24. The van der Waals surface area contributed by atoms with Crippen molar-refractivity contribution in [1.29, 1.82) is 0 Å². The molecule has 0 fully saturated rings. The van der Waals surface area contributed by atoms with Gasteiger partial charge in [0.05, 0.1) is 12.1 Å². The number of fused-ring (bicyclic) bond motifs is 1. The minimum Gasteiger partial charge on any atom is -0.492 e. The molecule has 98 valence electrons. The van der Waals surface area contributed by atoms with Gasteiger partial charge < -0.3 is 4.74 Å². The number of Topliss-reactive ketones (excluding diaryl/α,β-unsaturated/α-hetero) is 1. The molecule has 1 aliphatic rings. The highest BCUT2D eigenvalue weighted by molar-refractivity contribution is 5.87. The van der Waals surface area contributed by atoms with Gasteiger partial charge in [-0.25, -0.2) is 0 Å². The van der Waals surface area contributed by atoms with E-state index in [0.29, 0.717) is 13.0 Å². The number of nitrogens with zero attached hydrogens (tertiary/aromatic N) is 2. The minimum absolute atomic E-state index is 0.104. The van der Waals surface area contributed by atoms with Crippen LogP contribution >= 0.6 is 0 Å². The van der Waals surface area contributed by atoms with Gasteiger partial charge in [0.25, 0.3) is 0 Å². The second-order valence-corrected chi connectivity index (χ2v) is 4.89. The number of ketones is 1. The Morgan fingerprint density at radius 2 is 2.32 bits per heavy atom. The van der Waals surface area contributed by atoms with E-state index >= 15 is 0 Å². The van der Waals surface area contributed by atoms with Crippen molar-refractivity contribution in [3.8, 4) is 5.75 Å². The molecule has 1 atom stereocenters. The number of aryl methyl sites for hydroxylation is 2. The summed E-state index contributed by atoms with van der Waals surface area (Å²) in [6.07, 6.45) is 5.04. The minimum atomic E-state index is -0.104. The summed E-state index contributed by atoms with van der Waals surface area (Å²) in [5.41, 5.74) is 2.13. The monoisotopic (exact) mass is 256 g/mol. The molecule has 1 aromatic heterocycles. The van der Waals surface area contributed by atoms with E-state index in [1.165, 1.54) is 0 Å². The van der Waals surface area contributed by atoms with E-state index in [4.69, 9.17) is 4.74 Å². The number of ether oxygens (including phenoxy) is 1. The van der Waals surface area contributed by atoms with Gasteiger partial charge in [0.2, 0.25) is 0 Å². The zero-order chi connectivity index (χ0) is 13.2. The molecule has 0 aliphatic carbocycles. The van der Waals surface area contributed by atoms with Crippen LogP contribution in [0.25, 0.3) is 0 Å². The van der Waals surface area contributed by atoms with Crippen molar-refractivity contribution < 1.29 is 9.53 Å². The van der Waals surface area contributed by atoms with Crippen LogP contribution in [-0.2, 0) is 18.3 Å². The molecule has 19 heavy (non-hydrogen) atoms. The molecule has 0 bridgehead atoms. The summed E-state index contributed by atoms with van der Waals surface area (Å²) in [7, 11) is 1.88. The summed E-state index contributed by atoms with van der Waals surface area (Å²) >= 11 is 0. The lowest BCUT2D eigenvalue weighted by atomic mass is 9.93. The first kappa shape index (κ1) is 12.0. The number of hydrogen-bond donors (Lipinski definition) is 0. The van der Waals surface area contributed by atoms with Gasteiger partial charge in [0.15, 0.2) is 0 Å². The molecular formula is C15H16N2O2. The maximum absolute atomic E-state index is 12.3. The third-order valence-corrected chi connectivity index (χ3v) is 3.51. The number of carbonyl (C=O) groups excluding carboxylic acids is 1. The largest absolute Gasteiger partial charge is 0.492 e. The highest BCUT2D eigenvalue weighted by Gasteiger charge is 2.29. The molecule has 0 N–H and O–H groups in total. The van der Waals surface area contributed by atoms with Crippen molar-refractivity contribution in [3.63, 3.8) is 0 Å². The highest BCUT2D eigenvalue weighted by Crippen LogP contribution is 2.34. The van der Waals surface area contributed by atoms with Crippen molar-refractivity contribution >= 4 is 5.78 Å². The molecule has 0 saturated heterocycles. The summed E-state index contributed by atoms with van der Waals surface area (Å²) < 4.78 is 7.31. The second-order valence-electron chi connectivity index (χ2n) is 4.89. The summed E-state index contributed by atoms with van der Waals surface area (Å²) in [6.45, 7) is 0.477. The van der Waals surface area contributed by atoms with Gasteiger partial charge in [-0.15, -0.1) is 0 Å². The second kappa shape index (κ2) is 4.88. The molecular weight excluding hydrogens is 240 g/mol. The number of para-hydroxylation sites is 1. The SMILES string of the molecule is Cn1cc(CCC(=O)C2COc3ccccc32)cn1. The molecule has 0 radical (unpaired) electrons. The molecule has 2 aromatic rings. The number of hydrogen-bond acceptors (Lipinski definition) is 3. The van der Waals surface area contributed by atoms with E-state index in [-0.39, 0.29) is 11.7 Å². The number of aromatic nitrogens is 2. The fraction of sp³-hybridized carbons (Fsp3) is 0.333. The lowest BCUT2D eigenvalue weighted by Gasteiger charge is -2.06. The maximum Gasteiger partial charge on any atom is 0.144 e. The van der Waals surface area contributed by atoms with Crippen molar-refractivity contribution in [1.82, 2.24) is 9.78 Å². The molecule has 0 saturated carbocycles. The highest BCUT2D eigenvalue weighted by atomic mass is 16.5. The smallest absolute Gasteiger partial charge is 0.144 e. The Labute approximate surface area is 112 Å². The van der Waals surface area contributed by atoms with Gasteiger partial charge in [-0.05, 0) is 18.1 Å². The van der Waals surface area contributed by atoms with E-state index in [0.717, 1.165) is 23.3 Å². The predicted molar refractivity (Wildman–Crippen MR) is 71.2 cm³/mol. The molecule has 0 spiro atoms. The maximum atomic E-state index is 12.3. The topological polar surface area (TPSA) is 44.1 Å². The Morgan fingerprint density at radius 1 is 1.47 bits per heavy atom. The van der Waals surface area contributed by atoms with Crippen LogP contribution in [0.2, 0.25) is 0 Å². The van der Waals surface area contributed by atoms with E-state index in [9.17, 15) is 4.79 Å². The zero-order valence-electron chi connectivity index (χ0n) is 10.9. The molecule has 4 nitrogen and oxygen atoms in total. The lowest BCUT2D eigenvalue weighted by Crippen LogP contribution is -2.14. The quantitative estimate of drug-likeness (QED) is 0.841. The van der Waals surface area contributed by atoms with Crippen LogP contribution in [0.4, 0.5) is 0 Å². The van der Waals surface area contributed by atoms with Gasteiger partial charge in [0, 0.05) is 25.2 Å². The van der Waals surface area contributed by atoms with E-state index in [1.54, 1.807) is 4.68 Å². The molecule has 1 aromatic carbocycles. The van der Waals surface area contributed by atoms with E-state index in [1.807, 2.05) is 43.7 Å². The van der Waals surface area contributed by atoms with Gasteiger partial charge in [-0.1, -0.05) is 18.2 Å². The Hall–Kier alpha value is -2.10. The normalized spacial score (nSPS) is 17.0. The fourth-order valence-electron chi connectivity index (χ4n) is 2.47. The Bertz CT molecular complexity index is 604. The van der Waals surface area contributed by atoms with Crippen molar-refractivity contribution in [2.45, 2.75) is 18.8 Å². The molecule has 1 unspecified atom stereocenters. The van der Waals surface area contributed by atoms with Crippen molar-refractivity contribution in [3.05, 3.63) is 47.8 Å². The van der Waals surface area contributed by atoms with Crippen molar-refractivity contribution in [2.75, 3.05) is 6.61 Å². The van der Waals surface area contributed by atoms with Crippen LogP contribution in [0.5, 0.6) is 5.75 Å². The lowest BCUT2D eigenvalue weighted by molar-refractivity contribution is -0.120. The third kappa shape index (κ3) is 2.38. The first-order valence-electron chi connectivity index (χ1n) is 6.46. The number of rotatable bonds is 4. The van der Waals surface area contributed by atoms with E-state index < -0.39 is 0 Å². The van der Waals surface area contributed by atoms with Gasteiger partial charge >= 0.3 is 0 Å². The van der Waals surface area contributed by atoms with Crippen LogP contribution in [0.15, 0.2) is 36.7 Å². The molecule has 0 amide bonds. The van der Waals surface area contributed by atoms with E-state index in [2.05, 4.69) is 5.10 Å². The predicted octanol–water partition coefficient (Wildman–Crippen LogP) is 2.10.